The van der Waals surface area contributed by atoms with Gasteiger partial charge in [-0.1, -0.05) is 0 Å². The molecule has 0 aliphatic heterocycles. The zero-order valence-electron chi connectivity index (χ0n) is 13.7. The molecular formula is C11H3F17O3. The highest BCUT2D eigenvalue weighted by Crippen LogP contribution is 2.61. The molecule has 3 nitrogen and oxygen atoms in total. The van der Waals surface area contributed by atoms with Crippen molar-refractivity contribution in [2.45, 2.75) is 47.6 Å². The van der Waals surface area contributed by atoms with Gasteiger partial charge < -0.3 is 4.74 Å². The first-order chi connectivity index (χ1) is 13.1. The zero-order chi connectivity index (χ0) is 25.9. The number of halogens is 17. The highest BCUT2D eigenvalue weighted by molar-refractivity contribution is 5.99. The summed E-state index contributed by atoms with van der Waals surface area (Å²) in [6.45, 7) is 0. The van der Waals surface area contributed by atoms with Crippen molar-refractivity contribution in [1.29, 1.82) is 0 Å². The molecule has 0 N–H and O–H groups in total. The Bertz CT molecular complexity index is 719. The molecule has 0 unspecified atom stereocenters. The zero-order valence-corrected chi connectivity index (χ0v) is 13.7. The van der Waals surface area contributed by atoms with E-state index in [2.05, 4.69) is 4.74 Å². The molecule has 0 spiro atoms. The van der Waals surface area contributed by atoms with Gasteiger partial charge in [0.1, 0.15) is 0 Å². The van der Waals surface area contributed by atoms with E-state index in [0.29, 0.717) is 0 Å². The predicted molar refractivity (Wildman–Crippen MR) is 57.7 cm³/mol. The van der Waals surface area contributed by atoms with Crippen molar-refractivity contribution >= 4 is 11.8 Å². The summed E-state index contributed by atoms with van der Waals surface area (Å²) < 4.78 is 221. The largest absolute Gasteiger partial charge is 0.464 e. The van der Waals surface area contributed by atoms with Crippen LogP contribution in [0.3, 0.4) is 0 Å². The van der Waals surface area contributed by atoms with Crippen LogP contribution in [0.5, 0.6) is 0 Å². The van der Waals surface area contributed by atoms with Crippen molar-refractivity contribution in [2.24, 2.45) is 0 Å². The lowest BCUT2D eigenvalue weighted by molar-refractivity contribution is -0.436. The lowest BCUT2D eigenvalue weighted by Crippen LogP contribution is -2.73. The number of carbonyl (C=O) groups is 2. The van der Waals surface area contributed by atoms with Crippen molar-refractivity contribution in [3.8, 4) is 0 Å². The SMILES string of the molecule is COC(=O)C(F)(F)C(F)(F)C(=O)C(F)(F)C(F)(F)C(F)(F)C(F)(F)C(F)(F)C(F)(F)F. The Morgan fingerprint density at radius 3 is 1.10 bits per heavy atom. The first-order valence-corrected chi connectivity index (χ1v) is 6.48. The van der Waals surface area contributed by atoms with Crippen molar-refractivity contribution in [1.82, 2.24) is 0 Å². The summed E-state index contributed by atoms with van der Waals surface area (Å²) in [5.74, 6) is -65.5. The number of esters is 1. The lowest BCUT2D eigenvalue weighted by Gasteiger charge is -2.40. The predicted octanol–water partition coefficient (Wildman–Crippen LogP) is 4.74. The fourth-order valence-electron chi connectivity index (χ4n) is 1.51. The molecular weight excluding hydrogens is 503 g/mol. The molecule has 0 aromatic carbocycles. The first-order valence-electron chi connectivity index (χ1n) is 6.48. The molecule has 0 saturated heterocycles. The second-order valence-corrected chi connectivity index (χ2v) is 5.34. The molecule has 0 amide bonds. The number of ether oxygens (including phenoxy) is 1. The number of carbonyl (C=O) groups excluding carboxylic acids is 2. The van der Waals surface area contributed by atoms with E-state index in [0.717, 1.165) is 0 Å². The van der Waals surface area contributed by atoms with Gasteiger partial charge in [0.05, 0.1) is 7.11 Å². The van der Waals surface area contributed by atoms with Gasteiger partial charge in [-0.05, 0) is 0 Å². The summed E-state index contributed by atoms with van der Waals surface area (Å²) in [5, 5.41) is 0. The molecule has 0 saturated carbocycles. The van der Waals surface area contributed by atoms with Gasteiger partial charge in [0.15, 0.2) is 0 Å². The number of hydrogen-bond acceptors (Lipinski definition) is 3. The average Bonchev–Trinajstić information content (AvgIpc) is 2.57. The molecule has 0 fully saturated rings. The first kappa shape index (κ1) is 28.9. The monoisotopic (exact) mass is 506 g/mol. The highest BCUT2D eigenvalue weighted by atomic mass is 19.4. The maximum absolute atomic E-state index is 13.3. The van der Waals surface area contributed by atoms with Gasteiger partial charge in [-0.25, -0.2) is 4.79 Å². The molecule has 0 heterocycles. The van der Waals surface area contributed by atoms with E-state index in [1.807, 2.05) is 0 Å². The molecule has 0 aliphatic carbocycles. The second kappa shape index (κ2) is 7.24. The summed E-state index contributed by atoms with van der Waals surface area (Å²) in [4.78, 5) is 21.2. The molecule has 0 aromatic rings. The Morgan fingerprint density at radius 2 is 0.806 bits per heavy atom. The number of hydrogen-bond donors (Lipinski definition) is 0. The maximum Gasteiger partial charge on any atom is 0.460 e. The van der Waals surface area contributed by atoms with Gasteiger partial charge in [0.2, 0.25) is 0 Å². The van der Waals surface area contributed by atoms with Gasteiger partial charge in [-0.15, -0.1) is 0 Å². The maximum atomic E-state index is 13.3. The smallest absolute Gasteiger partial charge is 0.460 e. The van der Waals surface area contributed by atoms with Gasteiger partial charge in [-0.3, -0.25) is 4.79 Å². The number of ketones is 1. The number of alkyl halides is 17. The minimum atomic E-state index is -8.67. The Balaban J connectivity index is 6.72. The summed E-state index contributed by atoms with van der Waals surface area (Å²) in [5.41, 5.74) is 0. The molecule has 184 valence electrons. The molecule has 20 heteroatoms. The third-order valence-corrected chi connectivity index (χ3v) is 3.34. The Hall–Kier alpha value is -2.05. The van der Waals surface area contributed by atoms with Crippen LogP contribution >= 0.6 is 0 Å². The molecule has 0 aliphatic rings. The third kappa shape index (κ3) is 3.64. The van der Waals surface area contributed by atoms with Gasteiger partial charge in [0.25, 0.3) is 5.78 Å². The van der Waals surface area contributed by atoms with E-state index in [9.17, 15) is 84.2 Å². The van der Waals surface area contributed by atoms with Crippen molar-refractivity contribution in [3.63, 3.8) is 0 Å². The van der Waals surface area contributed by atoms with Crippen LogP contribution in [0.1, 0.15) is 0 Å². The fraction of sp³-hybridized carbons (Fsp3) is 0.818. The molecule has 0 aromatic heterocycles. The third-order valence-electron chi connectivity index (χ3n) is 3.34. The minimum absolute atomic E-state index is 0.169. The highest BCUT2D eigenvalue weighted by Gasteiger charge is 2.93. The van der Waals surface area contributed by atoms with E-state index in [1.54, 1.807) is 0 Å². The summed E-state index contributed by atoms with van der Waals surface area (Å²) in [7, 11) is -0.169. The molecule has 0 atom stereocenters. The van der Waals surface area contributed by atoms with Crippen molar-refractivity contribution < 1.29 is 89.0 Å². The quantitative estimate of drug-likeness (QED) is 0.353. The Labute approximate surface area is 157 Å². The summed E-state index contributed by atoms with van der Waals surface area (Å²) >= 11 is 0. The van der Waals surface area contributed by atoms with Crippen LogP contribution in [0.2, 0.25) is 0 Å². The molecule has 31 heavy (non-hydrogen) atoms. The van der Waals surface area contributed by atoms with Crippen LogP contribution in [0.4, 0.5) is 74.6 Å². The van der Waals surface area contributed by atoms with Crippen molar-refractivity contribution in [2.75, 3.05) is 7.11 Å². The van der Waals surface area contributed by atoms with E-state index in [4.69, 9.17) is 0 Å². The lowest BCUT2D eigenvalue weighted by atomic mass is 9.89. The summed E-state index contributed by atoms with van der Waals surface area (Å²) in [6.07, 6.45) is -7.82. The fourth-order valence-corrected chi connectivity index (χ4v) is 1.51. The van der Waals surface area contributed by atoms with Gasteiger partial charge >= 0.3 is 53.6 Å². The topological polar surface area (TPSA) is 43.4 Å². The van der Waals surface area contributed by atoms with Crippen molar-refractivity contribution in [3.05, 3.63) is 0 Å². The van der Waals surface area contributed by atoms with Crippen LogP contribution in [0.25, 0.3) is 0 Å². The molecule has 0 bridgehead atoms. The molecule has 0 radical (unpaired) electrons. The van der Waals surface area contributed by atoms with Gasteiger partial charge in [0, 0.05) is 0 Å². The number of Topliss-reactive ketones (excluding diaryl/α,β-unsaturated/α-hetero) is 1. The summed E-state index contributed by atoms with van der Waals surface area (Å²) in [6, 6.07) is 0. The Morgan fingerprint density at radius 1 is 0.484 bits per heavy atom. The van der Waals surface area contributed by atoms with Crippen LogP contribution in [0.15, 0.2) is 0 Å². The van der Waals surface area contributed by atoms with Crippen LogP contribution < -0.4 is 0 Å². The standard InChI is InChI=1S/C11H3F17O3/c1-31-3(30)6(16,17)4(12,13)2(29)5(14,15)7(18,19)8(20,21)9(22,23)10(24,25)11(26,27)28/h1H3. The number of rotatable bonds is 8. The van der Waals surface area contributed by atoms with E-state index >= 15 is 0 Å². The van der Waals surface area contributed by atoms with Gasteiger partial charge in [-0.2, -0.15) is 74.6 Å². The van der Waals surface area contributed by atoms with Crippen LogP contribution in [0, 0.1) is 0 Å². The van der Waals surface area contributed by atoms with E-state index in [-0.39, 0.29) is 7.11 Å². The second-order valence-electron chi connectivity index (χ2n) is 5.34. The normalized spacial score (nSPS) is 15.7. The Kier molecular flexibility index (Phi) is 6.76. The van der Waals surface area contributed by atoms with E-state index in [1.165, 1.54) is 0 Å². The van der Waals surface area contributed by atoms with E-state index < -0.39 is 59.4 Å². The van der Waals surface area contributed by atoms with Crippen LogP contribution in [-0.2, 0) is 14.3 Å². The van der Waals surface area contributed by atoms with Crippen LogP contribution in [-0.4, -0.2) is 66.5 Å². The minimum Gasteiger partial charge on any atom is -0.464 e. The molecule has 0 rings (SSSR count). The average molecular weight is 506 g/mol. The number of methoxy groups -OCH3 is 1.